The lowest BCUT2D eigenvalue weighted by molar-refractivity contribution is 0.203. The van der Waals surface area contributed by atoms with E-state index in [0.717, 1.165) is 24.1 Å². The predicted molar refractivity (Wildman–Crippen MR) is 106 cm³/mol. The van der Waals surface area contributed by atoms with Crippen LogP contribution in [0.15, 0.2) is 29.3 Å². The first-order chi connectivity index (χ1) is 9.99. The Morgan fingerprint density at radius 2 is 1.86 bits per heavy atom. The van der Waals surface area contributed by atoms with E-state index in [4.69, 9.17) is 16.3 Å². The fourth-order valence-corrected chi connectivity index (χ4v) is 2.01. The Labute approximate surface area is 156 Å². The Hall–Kier alpha value is -0.530. The molecule has 0 heterocycles. The van der Waals surface area contributed by atoms with Crippen LogP contribution in [0.4, 0.5) is 0 Å². The first-order valence-electron chi connectivity index (χ1n) is 7.26. The van der Waals surface area contributed by atoms with E-state index in [1.807, 2.05) is 12.1 Å². The molecule has 6 heteroatoms. The van der Waals surface area contributed by atoms with Crippen LogP contribution in [0.25, 0.3) is 0 Å². The highest BCUT2D eigenvalue weighted by molar-refractivity contribution is 14.0. The molecule has 0 aliphatic carbocycles. The summed E-state index contributed by atoms with van der Waals surface area (Å²) in [5.41, 5.74) is 1.18. The van der Waals surface area contributed by atoms with Crippen LogP contribution < -0.4 is 10.6 Å². The molecular formula is C16H27ClIN3O. The van der Waals surface area contributed by atoms with Crippen molar-refractivity contribution < 1.29 is 4.74 Å². The van der Waals surface area contributed by atoms with Crippen molar-refractivity contribution in [2.45, 2.75) is 26.2 Å². The summed E-state index contributed by atoms with van der Waals surface area (Å²) in [5, 5.41) is 7.24. The standard InChI is InChI=1S/C16H26ClN3O.HI/c1-5-18-15(19-10-11-21-4)20-12-16(2,3)13-6-8-14(17)9-7-13;/h6-9H,5,10-12H2,1-4H3,(H2,18,19,20);1H. The number of halogens is 2. The normalized spacial score (nSPS) is 11.8. The van der Waals surface area contributed by atoms with Gasteiger partial charge in [-0.1, -0.05) is 37.6 Å². The Kier molecular flexibility index (Phi) is 10.8. The summed E-state index contributed by atoms with van der Waals surface area (Å²) in [4.78, 5) is 4.66. The summed E-state index contributed by atoms with van der Waals surface area (Å²) < 4.78 is 5.04. The number of guanidine groups is 1. The molecule has 126 valence electrons. The highest BCUT2D eigenvalue weighted by atomic mass is 127. The number of aliphatic imine (C=N–C) groups is 1. The Balaban J connectivity index is 0.00000441. The predicted octanol–water partition coefficient (Wildman–Crippen LogP) is 3.44. The molecule has 0 aliphatic rings. The lowest BCUT2D eigenvalue weighted by Gasteiger charge is -2.24. The van der Waals surface area contributed by atoms with Crippen molar-refractivity contribution in [1.29, 1.82) is 0 Å². The van der Waals surface area contributed by atoms with Gasteiger partial charge in [0.2, 0.25) is 0 Å². The number of hydrogen-bond donors (Lipinski definition) is 2. The minimum atomic E-state index is -0.0474. The number of hydrogen-bond acceptors (Lipinski definition) is 2. The van der Waals surface area contributed by atoms with Crippen molar-refractivity contribution in [3.63, 3.8) is 0 Å². The van der Waals surface area contributed by atoms with Gasteiger partial charge in [-0.3, -0.25) is 4.99 Å². The molecule has 0 saturated heterocycles. The van der Waals surface area contributed by atoms with Crippen molar-refractivity contribution in [2.24, 2.45) is 4.99 Å². The van der Waals surface area contributed by atoms with Gasteiger partial charge in [-0.2, -0.15) is 0 Å². The summed E-state index contributed by atoms with van der Waals surface area (Å²) in [6, 6.07) is 7.96. The molecule has 1 rings (SSSR count). The fourth-order valence-electron chi connectivity index (χ4n) is 1.88. The molecule has 1 aromatic rings. The van der Waals surface area contributed by atoms with Crippen molar-refractivity contribution in [3.8, 4) is 0 Å². The second-order valence-corrected chi connectivity index (χ2v) is 5.94. The molecule has 0 radical (unpaired) electrons. The Bertz CT molecular complexity index is 449. The fraction of sp³-hybridized carbons (Fsp3) is 0.562. The van der Waals surface area contributed by atoms with Gasteiger partial charge in [0, 0.05) is 30.6 Å². The van der Waals surface area contributed by atoms with E-state index in [0.29, 0.717) is 13.2 Å². The second kappa shape index (κ2) is 11.1. The molecule has 0 fully saturated rings. The summed E-state index contributed by atoms with van der Waals surface area (Å²) in [5.74, 6) is 0.816. The van der Waals surface area contributed by atoms with Crippen LogP contribution >= 0.6 is 35.6 Å². The van der Waals surface area contributed by atoms with Crippen molar-refractivity contribution in [2.75, 3.05) is 33.4 Å². The van der Waals surface area contributed by atoms with Crippen LogP contribution in [0.2, 0.25) is 5.02 Å². The van der Waals surface area contributed by atoms with E-state index in [-0.39, 0.29) is 29.4 Å². The largest absolute Gasteiger partial charge is 0.383 e. The number of nitrogens with one attached hydrogen (secondary N) is 2. The zero-order chi connectivity index (χ0) is 15.7. The SMILES string of the molecule is CCNC(=NCC(C)(C)c1ccc(Cl)cc1)NCCOC.I. The van der Waals surface area contributed by atoms with Crippen molar-refractivity contribution in [1.82, 2.24) is 10.6 Å². The zero-order valence-corrected chi connectivity index (χ0v) is 16.9. The molecule has 4 nitrogen and oxygen atoms in total. The maximum atomic E-state index is 5.94. The molecule has 22 heavy (non-hydrogen) atoms. The van der Waals surface area contributed by atoms with E-state index in [9.17, 15) is 0 Å². The topological polar surface area (TPSA) is 45.7 Å². The number of rotatable bonds is 7. The van der Waals surface area contributed by atoms with E-state index >= 15 is 0 Å². The summed E-state index contributed by atoms with van der Waals surface area (Å²) >= 11 is 5.94. The quantitative estimate of drug-likeness (QED) is 0.296. The van der Waals surface area contributed by atoms with Crippen LogP contribution in [-0.2, 0) is 10.2 Å². The highest BCUT2D eigenvalue weighted by Gasteiger charge is 2.20. The van der Waals surface area contributed by atoms with E-state index in [1.165, 1.54) is 5.56 Å². The minimum absolute atomic E-state index is 0. The summed E-state index contributed by atoms with van der Waals surface area (Å²) in [6.45, 7) is 9.33. The van der Waals surface area contributed by atoms with Crippen LogP contribution in [0.5, 0.6) is 0 Å². The zero-order valence-electron chi connectivity index (χ0n) is 13.8. The summed E-state index contributed by atoms with van der Waals surface area (Å²) in [6.07, 6.45) is 0. The third-order valence-corrected chi connectivity index (χ3v) is 3.45. The molecular weight excluding hydrogens is 413 g/mol. The molecule has 0 unspecified atom stereocenters. The van der Waals surface area contributed by atoms with Gasteiger partial charge < -0.3 is 15.4 Å². The van der Waals surface area contributed by atoms with Gasteiger partial charge in [0.15, 0.2) is 5.96 Å². The van der Waals surface area contributed by atoms with Crippen molar-refractivity contribution >= 4 is 41.5 Å². The van der Waals surface area contributed by atoms with Crippen LogP contribution in [0, 0.1) is 0 Å². The van der Waals surface area contributed by atoms with E-state index in [2.05, 4.69) is 48.5 Å². The average molecular weight is 440 g/mol. The molecule has 1 aromatic carbocycles. The molecule has 0 saturated carbocycles. The Morgan fingerprint density at radius 1 is 1.23 bits per heavy atom. The number of ether oxygens (including phenoxy) is 1. The Morgan fingerprint density at radius 3 is 2.41 bits per heavy atom. The smallest absolute Gasteiger partial charge is 0.191 e. The van der Waals surface area contributed by atoms with Crippen LogP contribution in [-0.4, -0.2) is 39.3 Å². The van der Waals surface area contributed by atoms with E-state index in [1.54, 1.807) is 7.11 Å². The molecule has 2 N–H and O–H groups in total. The van der Waals surface area contributed by atoms with Gasteiger partial charge in [-0.15, -0.1) is 24.0 Å². The number of nitrogens with zero attached hydrogens (tertiary/aromatic N) is 1. The van der Waals surface area contributed by atoms with Gasteiger partial charge in [0.25, 0.3) is 0 Å². The average Bonchev–Trinajstić information content (AvgIpc) is 2.45. The summed E-state index contributed by atoms with van der Waals surface area (Å²) in [7, 11) is 1.69. The van der Waals surface area contributed by atoms with Crippen LogP contribution in [0.3, 0.4) is 0 Å². The maximum absolute atomic E-state index is 5.94. The monoisotopic (exact) mass is 439 g/mol. The molecule has 0 aliphatic heterocycles. The van der Waals surface area contributed by atoms with E-state index < -0.39 is 0 Å². The first kappa shape index (κ1) is 21.5. The lowest BCUT2D eigenvalue weighted by Crippen LogP contribution is -2.40. The molecule has 0 bridgehead atoms. The van der Waals surface area contributed by atoms with Gasteiger partial charge >= 0.3 is 0 Å². The third-order valence-electron chi connectivity index (χ3n) is 3.20. The third kappa shape index (κ3) is 7.65. The number of benzene rings is 1. The highest BCUT2D eigenvalue weighted by Crippen LogP contribution is 2.24. The molecule has 0 amide bonds. The van der Waals surface area contributed by atoms with Crippen LogP contribution in [0.1, 0.15) is 26.3 Å². The lowest BCUT2D eigenvalue weighted by atomic mass is 9.85. The molecule has 0 atom stereocenters. The van der Waals surface area contributed by atoms with Gasteiger partial charge in [0.1, 0.15) is 0 Å². The molecule has 0 spiro atoms. The van der Waals surface area contributed by atoms with Gasteiger partial charge in [-0.25, -0.2) is 0 Å². The van der Waals surface area contributed by atoms with Gasteiger partial charge in [0.05, 0.1) is 13.2 Å². The second-order valence-electron chi connectivity index (χ2n) is 5.51. The number of methoxy groups -OCH3 is 1. The van der Waals surface area contributed by atoms with Crippen molar-refractivity contribution in [3.05, 3.63) is 34.9 Å². The maximum Gasteiger partial charge on any atom is 0.191 e. The van der Waals surface area contributed by atoms with Gasteiger partial charge in [-0.05, 0) is 24.6 Å². The molecule has 0 aromatic heterocycles. The minimum Gasteiger partial charge on any atom is -0.383 e. The first-order valence-corrected chi connectivity index (χ1v) is 7.64.